The second-order valence-corrected chi connectivity index (χ2v) is 8.65. The van der Waals surface area contributed by atoms with Crippen molar-refractivity contribution in [2.75, 3.05) is 5.32 Å². The van der Waals surface area contributed by atoms with Crippen LogP contribution in [0.4, 0.5) is 6.01 Å². The molecule has 4 aromatic rings. The van der Waals surface area contributed by atoms with Gasteiger partial charge in [0.15, 0.2) is 0 Å². The first kappa shape index (κ1) is 20.7. The first-order chi connectivity index (χ1) is 15.1. The molecule has 0 radical (unpaired) electrons. The summed E-state index contributed by atoms with van der Waals surface area (Å²) in [6, 6.07) is 24.2. The monoisotopic (exact) mass is 431 g/mol. The van der Waals surface area contributed by atoms with Gasteiger partial charge in [-0.15, -0.1) is 16.9 Å². The molecule has 0 aliphatic carbocycles. The molecule has 0 fully saturated rings. The maximum Gasteiger partial charge on any atom is 0.322 e. The number of ether oxygens (including phenoxy) is 1. The highest BCUT2D eigenvalue weighted by Crippen LogP contribution is 2.28. The molecule has 1 N–H and O–H groups in total. The van der Waals surface area contributed by atoms with Crippen molar-refractivity contribution in [1.82, 2.24) is 10.2 Å². The summed E-state index contributed by atoms with van der Waals surface area (Å²) >= 11 is 1.75. The molecule has 1 aromatic heterocycles. The van der Waals surface area contributed by atoms with Gasteiger partial charge >= 0.3 is 6.01 Å². The number of nitrogens with one attached hydrogen (secondary N) is 1. The Morgan fingerprint density at radius 1 is 0.935 bits per heavy atom. The van der Waals surface area contributed by atoms with Gasteiger partial charge in [-0.05, 0) is 48.5 Å². The summed E-state index contributed by atoms with van der Waals surface area (Å²) in [5, 5.41) is 11.1. The van der Waals surface area contributed by atoms with Crippen molar-refractivity contribution < 1.29 is 13.9 Å². The van der Waals surface area contributed by atoms with Crippen molar-refractivity contribution >= 4 is 23.7 Å². The number of para-hydroxylation sites is 1. The van der Waals surface area contributed by atoms with Gasteiger partial charge in [0.25, 0.3) is 5.91 Å². The number of carbonyl (C=O) groups is 1. The molecular weight excluding hydrogens is 410 g/mol. The summed E-state index contributed by atoms with van der Waals surface area (Å²) < 4.78 is 11.4. The fourth-order valence-corrected chi connectivity index (χ4v) is 3.76. The topological polar surface area (TPSA) is 77.2 Å². The van der Waals surface area contributed by atoms with E-state index in [1.54, 1.807) is 36.0 Å². The van der Waals surface area contributed by atoms with E-state index in [1.807, 2.05) is 54.6 Å². The van der Waals surface area contributed by atoms with Crippen LogP contribution >= 0.6 is 11.8 Å². The number of rotatable bonds is 7. The Morgan fingerprint density at radius 3 is 2.52 bits per heavy atom. The van der Waals surface area contributed by atoms with Gasteiger partial charge < -0.3 is 9.15 Å². The van der Waals surface area contributed by atoms with E-state index in [-0.39, 0.29) is 11.9 Å². The lowest BCUT2D eigenvalue weighted by molar-refractivity contribution is 0.102. The third-order valence-corrected chi connectivity index (χ3v) is 5.17. The maximum absolute atomic E-state index is 12.6. The minimum atomic E-state index is -0.363. The lowest BCUT2D eigenvalue weighted by Crippen LogP contribution is -2.12. The fraction of sp³-hybridized carbons (Fsp3) is 0.125. The van der Waals surface area contributed by atoms with Crippen LogP contribution in [0.15, 0.2) is 88.2 Å². The van der Waals surface area contributed by atoms with Gasteiger partial charge in [-0.2, -0.15) is 0 Å². The SMILES string of the molecule is CC(C)Sc1cccc(-c2nnc(NC(=O)c3cccc(Oc4ccccc4)c3)o2)c1. The maximum atomic E-state index is 12.6. The predicted molar refractivity (Wildman–Crippen MR) is 122 cm³/mol. The molecule has 3 aromatic carbocycles. The molecule has 0 saturated heterocycles. The van der Waals surface area contributed by atoms with E-state index < -0.39 is 0 Å². The van der Waals surface area contributed by atoms with Crippen molar-refractivity contribution in [3.8, 4) is 23.0 Å². The summed E-state index contributed by atoms with van der Waals surface area (Å²) in [6.07, 6.45) is 0. The Morgan fingerprint density at radius 2 is 1.71 bits per heavy atom. The van der Waals surface area contributed by atoms with Crippen molar-refractivity contribution in [2.24, 2.45) is 0 Å². The van der Waals surface area contributed by atoms with Crippen molar-refractivity contribution in [2.45, 2.75) is 24.0 Å². The molecule has 31 heavy (non-hydrogen) atoms. The van der Waals surface area contributed by atoms with Gasteiger partial charge in [-0.1, -0.05) is 49.3 Å². The van der Waals surface area contributed by atoms with Crippen LogP contribution in [-0.4, -0.2) is 21.4 Å². The molecule has 0 saturated carbocycles. The molecule has 0 unspecified atom stereocenters. The van der Waals surface area contributed by atoms with Crippen LogP contribution in [-0.2, 0) is 0 Å². The highest BCUT2D eigenvalue weighted by atomic mass is 32.2. The largest absolute Gasteiger partial charge is 0.457 e. The number of anilines is 1. The van der Waals surface area contributed by atoms with E-state index in [0.29, 0.717) is 28.2 Å². The number of aromatic nitrogens is 2. The predicted octanol–water partition coefficient (Wildman–Crippen LogP) is 6.28. The standard InChI is InChI=1S/C24H21N3O3S/c1-16(2)31-21-13-7-9-18(15-21)23-26-27-24(30-23)25-22(28)17-8-6-12-20(14-17)29-19-10-4-3-5-11-19/h3-16H,1-2H3,(H,25,27,28). The summed E-state index contributed by atoms with van der Waals surface area (Å²) in [6.45, 7) is 4.27. The molecule has 0 aliphatic heterocycles. The highest BCUT2D eigenvalue weighted by molar-refractivity contribution is 7.99. The molecule has 0 spiro atoms. The zero-order chi connectivity index (χ0) is 21.6. The molecule has 4 rings (SSSR count). The Balaban J connectivity index is 1.45. The van der Waals surface area contributed by atoms with Crippen LogP contribution < -0.4 is 10.1 Å². The Hall–Kier alpha value is -3.58. The first-order valence-corrected chi connectivity index (χ1v) is 10.7. The van der Waals surface area contributed by atoms with Crippen molar-refractivity contribution in [3.05, 3.63) is 84.4 Å². The van der Waals surface area contributed by atoms with E-state index in [4.69, 9.17) is 9.15 Å². The van der Waals surface area contributed by atoms with Crippen LogP contribution in [0.25, 0.3) is 11.5 Å². The van der Waals surface area contributed by atoms with E-state index in [1.165, 1.54) is 0 Å². The smallest absolute Gasteiger partial charge is 0.322 e. The van der Waals surface area contributed by atoms with Gasteiger partial charge in [0.05, 0.1) is 0 Å². The first-order valence-electron chi connectivity index (χ1n) is 9.82. The molecule has 1 heterocycles. The van der Waals surface area contributed by atoms with E-state index in [9.17, 15) is 4.79 Å². The lowest BCUT2D eigenvalue weighted by atomic mass is 10.2. The summed E-state index contributed by atoms with van der Waals surface area (Å²) in [4.78, 5) is 13.8. The normalized spacial score (nSPS) is 10.8. The second kappa shape index (κ2) is 9.49. The van der Waals surface area contributed by atoms with Gasteiger partial charge in [-0.25, -0.2) is 0 Å². The van der Waals surface area contributed by atoms with E-state index in [0.717, 1.165) is 10.5 Å². The van der Waals surface area contributed by atoms with Gasteiger partial charge in [-0.3, -0.25) is 10.1 Å². The average molecular weight is 432 g/mol. The number of benzene rings is 3. The van der Waals surface area contributed by atoms with Gasteiger partial charge in [0.1, 0.15) is 11.5 Å². The van der Waals surface area contributed by atoms with E-state index in [2.05, 4.69) is 29.4 Å². The van der Waals surface area contributed by atoms with Crippen molar-refractivity contribution in [1.29, 1.82) is 0 Å². The van der Waals surface area contributed by atoms with Crippen LogP contribution in [0.1, 0.15) is 24.2 Å². The molecule has 0 bridgehead atoms. The van der Waals surface area contributed by atoms with Gasteiger partial charge in [0.2, 0.25) is 5.89 Å². The zero-order valence-electron chi connectivity index (χ0n) is 17.1. The third kappa shape index (κ3) is 5.52. The fourth-order valence-electron chi connectivity index (χ4n) is 2.86. The summed E-state index contributed by atoms with van der Waals surface area (Å²) in [7, 11) is 0. The third-order valence-electron chi connectivity index (χ3n) is 4.17. The molecule has 7 heteroatoms. The van der Waals surface area contributed by atoms with E-state index >= 15 is 0 Å². The number of hydrogen-bond acceptors (Lipinski definition) is 6. The number of thioether (sulfide) groups is 1. The summed E-state index contributed by atoms with van der Waals surface area (Å²) in [5.74, 6) is 1.24. The molecule has 156 valence electrons. The average Bonchev–Trinajstić information content (AvgIpc) is 3.23. The number of carbonyl (C=O) groups excluding carboxylic acids is 1. The lowest BCUT2D eigenvalue weighted by Gasteiger charge is -2.07. The number of amides is 1. The quantitative estimate of drug-likeness (QED) is 0.347. The molecule has 0 atom stereocenters. The zero-order valence-corrected chi connectivity index (χ0v) is 17.9. The van der Waals surface area contributed by atoms with Crippen LogP contribution in [0.2, 0.25) is 0 Å². The summed E-state index contributed by atoms with van der Waals surface area (Å²) in [5.41, 5.74) is 1.22. The minimum Gasteiger partial charge on any atom is -0.457 e. The van der Waals surface area contributed by atoms with Crippen LogP contribution in [0, 0.1) is 0 Å². The van der Waals surface area contributed by atoms with Gasteiger partial charge in [0, 0.05) is 21.3 Å². The molecule has 6 nitrogen and oxygen atoms in total. The van der Waals surface area contributed by atoms with Crippen molar-refractivity contribution in [3.63, 3.8) is 0 Å². The van der Waals surface area contributed by atoms with Crippen LogP contribution in [0.5, 0.6) is 11.5 Å². The molecule has 1 amide bonds. The highest BCUT2D eigenvalue weighted by Gasteiger charge is 2.14. The molecular formula is C24H21N3O3S. The Kier molecular flexibility index (Phi) is 6.33. The second-order valence-electron chi connectivity index (χ2n) is 7.00. The number of hydrogen-bond donors (Lipinski definition) is 1. The Bertz CT molecular complexity index is 1180. The number of nitrogens with zero attached hydrogens (tertiary/aromatic N) is 2. The van der Waals surface area contributed by atoms with Crippen LogP contribution in [0.3, 0.4) is 0 Å². The Labute approximate surface area is 184 Å². The molecule has 0 aliphatic rings. The minimum absolute atomic E-state index is 0.0382.